The number of aliphatic carboxylic acids is 1. The molecule has 0 saturated carbocycles. The lowest BCUT2D eigenvalue weighted by atomic mass is 9.98. The van der Waals surface area contributed by atoms with E-state index in [4.69, 9.17) is 14.6 Å². The monoisotopic (exact) mass is 412 g/mol. The highest BCUT2D eigenvalue weighted by molar-refractivity contribution is 5.89. The number of carbonyl (C=O) groups excluding carboxylic acids is 2. The number of alkyl carbamates (subject to hydrolysis) is 1. The van der Waals surface area contributed by atoms with Gasteiger partial charge in [-0.25, -0.2) is 4.79 Å². The van der Waals surface area contributed by atoms with Gasteiger partial charge in [-0.15, -0.1) is 0 Å². The molecule has 0 heterocycles. The molecular formula is C22H24N2O6. The molecular weight excluding hydrogens is 388 g/mol. The van der Waals surface area contributed by atoms with Crippen molar-refractivity contribution >= 4 is 18.0 Å². The van der Waals surface area contributed by atoms with Crippen molar-refractivity contribution in [3.8, 4) is 11.1 Å². The van der Waals surface area contributed by atoms with E-state index in [2.05, 4.69) is 10.6 Å². The van der Waals surface area contributed by atoms with Gasteiger partial charge in [0, 0.05) is 13.0 Å². The molecule has 0 spiro atoms. The number of ether oxygens (including phenoxy) is 2. The largest absolute Gasteiger partial charge is 0.480 e. The molecule has 3 N–H and O–H groups in total. The normalized spacial score (nSPS) is 14.2. The van der Waals surface area contributed by atoms with Gasteiger partial charge in [-0.2, -0.15) is 0 Å². The van der Waals surface area contributed by atoms with Crippen LogP contribution in [0.4, 0.5) is 4.79 Å². The smallest absolute Gasteiger partial charge is 0.407 e. The molecule has 8 heteroatoms. The quantitative estimate of drug-likeness (QED) is 0.612. The van der Waals surface area contributed by atoms with Crippen LogP contribution in [-0.2, 0) is 19.1 Å². The van der Waals surface area contributed by atoms with Crippen LogP contribution in [0.25, 0.3) is 11.1 Å². The van der Waals surface area contributed by atoms with Crippen LogP contribution < -0.4 is 10.6 Å². The maximum Gasteiger partial charge on any atom is 0.407 e. The molecule has 158 valence electrons. The van der Waals surface area contributed by atoms with Gasteiger partial charge in [0.1, 0.15) is 18.7 Å². The highest BCUT2D eigenvalue weighted by Gasteiger charge is 2.30. The van der Waals surface area contributed by atoms with E-state index in [1.807, 2.05) is 48.5 Å². The lowest BCUT2D eigenvalue weighted by Crippen LogP contribution is -2.52. The number of carboxylic acids is 1. The Balaban J connectivity index is 1.65. The van der Waals surface area contributed by atoms with E-state index < -0.39 is 30.1 Å². The lowest BCUT2D eigenvalue weighted by molar-refractivity contribution is -0.141. The van der Waals surface area contributed by atoms with Crippen molar-refractivity contribution in [3.05, 3.63) is 59.7 Å². The summed E-state index contributed by atoms with van der Waals surface area (Å²) in [6.07, 6.45) is -0.781. The number of nitrogens with one attached hydrogen (secondary N) is 2. The maximum atomic E-state index is 12.3. The third-order valence-electron chi connectivity index (χ3n) is 5.01. The second-order valence-corrected chi connectivity index (χ2v) is 7.05. The van der Waals surface area contributed by atoms with Gasteiger partial charge >= 0.3 is 12.1 Å². The van der Waals surface area contributed by atoms with Gasteiger partial charge in [0.25, 0.3) is 0 Å². The fourth-order valence-corrected chi connectivity index (χ4v) is 3.51. The zero-order valence-electron chi connectivity index (χ0n) is 16.8. The number of fused-ring (bicyclic) bond motifs is 3. The predicted octanol–water partition coefficient (Wildman–Crippen LogP) is 2.13. The number of amides is 2. The van der Waals surface area contributed by atoms with E-state index in [1.54, 1.807) is 0 Å². The Kier molecular flexibility index (Phi) is 6.68. The maximum absolute atomic E-state index is 12.3. The van der Waals surface area contributed by atoms with Crippen molar-refractivity contribution in [2.24, 2.45) is 0 Å². The van der Waals surface area contributed by atoms with Gasteiger partial charge in [0.15, 0.2) is 0 Å². The predicted molar refractivity (Wildman–Crippen MR) is 109 cm³/mol. The number of hydrogen-bond donors (Lipinski definition) is 3. The molecule has 1 aliphatic carbocycles. The molecule has 2 aromatic rings. The molecule has 0 unspecified atom stereocenters. The van der Waals surface area contributed by atoms with Crippen molar-refractivity contribution in [3.63, 3.8) is 0 Å². The van der Waals surface area contributed by atoms with Crippen LogP contribution in [0, 0.1) is 0 Å². The van der Waals surface area contributed by atoms with Crippen molar-refractivity contribution in [2.45, 2.75) is 24.9 Å². The Morgan fingerprint density at radius 3 is 2.10 bits per heavy atom. The van der Waals surface area contributed by atoms with Crippen LogP contribution in [0.3, 0.4) is 0 Å². The first-order chi connectivity index (χ1) is 14.4. The minimum atomic E-state index is -1.18. The molecule has 2 amide bonds. The Morgan fingerprint density at radius 1 is 1.00 bits per heavy atom. The first-order valence-corrected chi connectivity index (χ1v) is 9.56. The Morgan fingerprint density at radius 2 is 1.57 bits per heavy atom. The second kappa shape index (κ2) is 9.41. The molecule has 0 bridgehead atoms. The zero-order chi connectivity index (χ0) is 21.7. The van der Waals surface area contributed by atoms with Crippen LogP contribution in [0.5, 0.6) is 0 Å². The summed E-state index contributed by atoms with van der Waals surface area (Å²) in [6, 6.07) is 13.8. The summed E-state index contributed by atoms with van der Waals surface area (Å²) in [5.74, 6) is -1.95. The van der Waals surface area contributed by atoms with Crippen LogP contribution in [0.1, 0.15) is 24.0 Å². The lowest BCUT2D eigenvalue weighted by Gasteiger charge is -2.20. The molecule has 2 aromatic carbocycles. The fourth-order valence-electron chi connectivity index (χ4n) is 3.51. The minimum absolute atomic E-state index is 0.104. The van der Waals surface area contributed by atoms with E-state index in [0.29, 0.717) is 0 Å². The van der Waals surface area contributed by atoms with Crippen molar-refractivity contribution < 1.29 is 29.0 Å². The van der Waals surface area contributed by atoms with Gasteiger partial charge in [-0.3, -0.25) is 9.59 Å². The number of methoxy groups -OCH3 is 1. The van der Waals surface area contributed by atoms with E-state index in [0.717, 1.165) is 22.3 Å². The fraction of sp³-hybridized carbons (Fsp3) is 0.318. The minimum Gasteiger partial charge on any atom is -0.480 e. The second-order valence-electron chi connectivity index (χ2n) is 7.05. The molecule has 30 heavy (non-hydrogen) atoms. The third-order valence-corrected chi connectivity index (χ3v) is 5.01. The Hall–Kier alpha value is -3.39. The first kappa shape index (κ1) is 21.3. The number of benzene rings is 2. The molecule has 0 radical (unpaired) electrons. The number of hydrogen-bond acceptors (Lipinski definition) is 5. The Labute approximate surface area is 174 Å². The van der Waals surface area contributed by atoms with E-state index in [-0.39, 0.29) is 19.1 Å². The molecule has 1 aliphatic rings. The van der Waals surface area contributed by atoms with Crippen LogP contribution >= 0.6 is 0 Å². The highest BCUT2D eigenvalue weighted by atomic mass is 16.5. The molecule has 2 atom stereocenters. The first-order valence-electron chi connectivity index (χ1n) is 9.56. The number of rotatable bonds is 8. The van der Waals surface area contributed by atoms with Crippen LogP contribution in [-0.4, -0.2) is 55.5 Å². The highest BCUT2D eigenvalue weighted by Crippen LogP contribution is 2.44. The summed E-state index contributed by atoms with van der Waals surface area (Å²) < 4.78 is 10.4. The molecule has 8 nitrogen and oxygen atoms in total. The van der Waals surface area contributed by atoms with Gasteiger partial charge < -0.3 is 25.2 Å². The van der Waals surface area contributed by atoms with Gasteiger partial charge in [-0.1, -0.05) is 48.5 Å². The van der Waals surface area contributed by atoms with Crippen LogP contribution in [0.15, 0.2) is 48.5 Å². The standard InChI is InChI=1S/C22H24N2O6/c1-13(21(26)27)23-20(25)19(12-29-2)24-22(28)30-11-18-16-9-5-3-7-14(16)15-8-4-6-10-17(15)18/h3-10,13,18-19H,11-12H2,1-2H3,(H,23,25)(H,24,28)(H,26,27)/t13-,19-/m0/s1. The molecule has 0 aliphatic heterocycles. The molecule has 3 rings (SSSR count). The van der Waals surface area contributed by atoms with E-state index in [9.17, 15) is 14.4 Å². The molecule has 0 saturated heterocycles. The summed E-state index contributed by atoms with van der Waals surface area (Å²) in [6.45, 7) is 1.31. The topological polar surface area (TPSA) is 114 Å². The summed E-state index contributed by atoms with van der Waals surface area (Å²) in [5.41, 5.74) is 4.38. The molecule has 0 fully saturated rings. The Bertz CT molecular complexity index is 899. The van der Waals surface area contributed by atoms with Crippen molar-refractivity contribution in [1.29, 1.82) is 0 Å². The zero-order valence-corrected chi connectivity index (χ0v) is 16.8. The van der Waals surface area contributed by atoms with Gasteiger partial charge in [-0.05, 0) is 29.2 Å². The summed E-state index contributed by atoms with van der Waals surface area (Å²) >= 11 is 0. The number of carbonyl (C=O) groups is 3. The summed E-state index contributed by atoms with van der Waals surface area (Å²) in [7, 11) is 1.38. The van der Waals surface area contributed by atoms with Crippen molar-refractivity contribution in [1.82, 2.24) is 10.6 Å². The SMILES string of the molecule is COC[C@H](NC(=O)OCC1c2ccccc2-c2ccccc21)C(=O)N[C@@H](C)C(=O)O. The van der Waals surface area contributed by atoms with Crippen molar-refractivity contribution in [2.75, 3.05) is 20.3 Å². The van der Waals surface area contributed by atoms with E-state index >= 15 is 0 Å². The van der Waals surface area contributed by atoms with E-state index in [1.165, 1.54) is 14.0 Å². The summed E-state index contributed by atoms with van der Waals surface area (Å²) in [5, 5.41) is 13.7. The third kappa shape index (κ3) is 4.60. The van der Waals surface area contributed by atoms with Gasteiger partial charge in [0.05, 0.1) is 6.61 Å². The van der Waals surface area contributed by atoms with Gasteiger partial charge in [0.2, 0.25) is 5.91 Å². The number of carboxylic acid groups (broad SMARTS) is 1. The average molecular weight is 412 g/mol. The average Bonchev–Trinajstić information content (AvgIpc) is 3.05. The van der Waals surface area contributed by atoms with Crippen LogP contribution in [0.2, 0.25) is 0 Å². The molecule has 0 aromatic heterocycles. The summed E-state index contributed by atoms with van der Waals surface area (Å²) in [4.78, 5) is 35.5.